The maximum absolute atomic E-state index is 13.1. The second kappa shape index (κ2) is 15.3. The van der Waals surface area contributed by atoms with Gasteiger partial charge in [0.2, 0.25) is 0 Å². The van der Waals surface area contributed by atoms with Crippen LogP contribution in [0.25, 0.3) is 11.6 Å². The van der Waals surface area contributed by atoms with Gasteiger partial charge in [-0.3, -0.25) is 0 Å². The van der Waals surface area contributed by atoms with Gasteiger partial charge in [-0.25, -0.2) is 4.79 Å². The van der Waals surface area contributed by atoms with Crippen molar-refractivity contribution in [3.05, 3.63) is 136 Å². The number of hydrogen-bond acceptors (Lipinski definition) is 3. The Bertz CT molecular complexity index is 1790. The highest BCUT2D eigenvalue weighted by atomic mass is 19.4. The van der Waals surface area contributed by atoms with Crippen LogP contribution in [0.1, 0.15) is 81.9 Å². The van der Waals surface area contributed by atoms with Gasteiger partial charge in [-0.1, -0.05) is 74.4 Å². The normalized spacial score (nSPS) is 11.7. The van der Waals surface area contributed by atoms with Crippen LogP contribution in [0, 0.1) is 23.2 Å². The summed E-state index contributed by atoms with van der Waals surface area (Å²) in [6, 6.07) is 23.6. The molecule has 0 N–H and O–H groups in total. The summed E-state index contributed by atoms with van der Waals surface area (Å²) in [5.74, 6) is 4.77. The number of aryl methyl sites for hydroxylation is 1. The average Bonchev–Trinajstić information content (AvgIpc) is 3.05. The number of hydrogen-bond donors (Lipinski definition) is 0. The lowest BCUT2D eigenvalue weighted by Gasteiger charge is -2.14. The number of nitriles is 1. The number of benzene rings is 4. The molecule has 0 aliphatic carbocycles. The van der Waals surface area contributed by atoms with E-state index < -0.39 is 35.0 Å². The topological polar surface area (TPSA) is 50.1 Å². The van der Waals surface area contributed by atoms with Crippen LogP contribution >= 0.6 is 0 Å². The summed E-state index contributed by atoms with van der Waals surface area (Å²) >= 11 is 0. The highest BCUT2D eigenvalue weighted by molar-refractivity contribution is 5.92. The summed E-state index contributed by atoms with van der Waals surface area (Å²) in [6.07, 6.45) is -2.70. The van der Waals surface area contributed by atoms with Crippen LogP contribution in [0.4, 0.5) is 26.3 Å². The monoisotopic (exact) mass is 645 g/mol. The van der Waals surface area contributed by atoms with Crippen molar-refractivity contribution in [2.45, 2.75) is 51.4 Å². The van der Waals surface area contributed by atoms with Gasteiger partial charge in [-0.05, 0) is 90.2 Å². The molecule has 0 aromatic heterocycles. The second-order valence-corrected chi connectivity index (χ2v) is 10.8. The van der Waals surface area contributed by atoms with Crippen LogP contribution in [0.2, 0.25) is 0 Å². The molecule has 3 nitrogen and oxygen atoms in total. The Labute approximate surface area is 269 Å². The van der Waals surface area contributed by atoms with Gasteiger partial charge in [0.25, 0.3) is 0 Å². The highest BCUT2D eigenvalue weighted by Gasteiger charge is 2.37. The van der Waals surface area contributed by atoms with Crippen molar-refractivity contribution in [3.8, 4) is 23.7 Å². The van der Waals surface area contributed by atoms with Crippen LogP contribution in [-0.4, -0.2) is 5.97 Å². The highest BCUT2D eigenvalue weighted by Crippen LogP contribution is 2.36. The molecule has 0 atom stereocenters. The average molecular weight is 646 g/mol. The summed E-state index contributed by atoms with van der Waals surface area (Å²) in [5, 5.41) is 9.75. The fourth-order valence-corrected chi connectivity index (χ4v) is 4.61. The quantitative estimate of drug-likeness (QED) is 0.0346. The maximum atomic E-state index is 13.1. The summed E-state index contributed by atoms with van der Waals surface area (Å²) in [4.78, 5) is 12.5. The van der Waals surface area contributed by atoms with E-state index in [4.69, 9.17) is 4.74 Å². The smallest absolute Gasteiger partial charge is 0.416 e. The molecule has 4 aromatic rings. The number of carbonyl (C=O) groups excluding carboxylic acids is 1. The molecular formula is C38H29F6NO2. The maximum Gasteiger partial charge on any atom is 0.416 e. The Morgan fingerprint density at radius 3 is 1.79 bits per heavy atom. The minimum absolute atomic E-state index is 0.0683. The lowest BCUT2D eigenvalue weighted by molar-refractivity contribution is -0.143. The molecule has 0 aliphatic rings. The zero-order valence-corrected chi connectivity index (χ0v) is 25.3. The van der Waals surface area contributed by atoms with Gasteiger partial charge in [0.05, 0.1) is 28.3 Å². The number of carbonyl (C=O) groups is 1. The van der Waals surface area contributed by atoms with Crippen LogP contribution < -0.4 is 4.74 Å². The molecule has 4 aromatic carbocycles. The van der Waals surface area contributed by atoms with Crippen molar-refractivity contribution in [3.63, 3.8) is 0 Å². The summed E-state index contributed by atoms with van der Waals surface area (Å²) in [6.45, 7) is 2.19. The molecule has 9 heteroatoms. The molecule has 4 rings (SSSR count). The van der Waals surface area contributed by atoms with Crippen LogP contribution in [-0.2, 0) is 18.8 Å². The first-order chi connectivity index (χ1) is 22.4. The van der Waals surface area contributed by atoms with Gasteiger partial charge < -0.3 is 4.74 Å². The van der Waals surface area contributed by atoms with E-state index in [-0.39, 0.29) is 11.8 Å². The zero-order valence-electron chi connectivity index (χ0n) is 25.3. The minimum atomic E-state index is -5.10. The molecular weight excluding hydrogens is 616 g/mol. The van der Waals surface area contributed by atoms with E-state index in [9.17, 15) is 36.4 Å². The summed E-state index contributed by atoms with van der Waals surface area (Å²) in [7, 11) is 0. The Morgan fingerprint density at radius 2 is 1.28 bits per heavy atom. The third kappa shape index (κ3) is 10.1. The Balaban J connectivity index is 1.41. The lowest BCUT2D eigenvalue weighted by atomic mass is 10.0. The van der Waals surface area contributed by atoms with Gasteiger partial charge in [0.1, 0.15) is 5.75 Å². The third-order valence-electron chi connectivity index (χ3n) is 7.17. The number of ether oxygens (including phenoxy) is 1. The van der Waals surface area contributed by atoms with Crippen molar-refractivity contribution >= 4 is 17.6 Å². The van der Waals surface area contributed by atoms with Crippen molar-refractivity contribution < 1.29 is 35.9 Å². The minimum Gasteiger partial charge on any atom is -0.423 e. The third-order valence-corrected chi connectivity index (χ3v) is 7.17. The molecule has 0 unspecified atom stereocenters. The van der Waals surface area contributed by atoms with Gasteiger partial charge >= 0.3 is 18.3 Å². The van der Waals surface area contributed by atoms with Crippen molar-refractivity contribution in [1.82, 2.24) is 0 Å². The van der Waals surface area contributed by atoms with Gasteiger partial charge in [0, 0.05) is 11.1 Å². The van der Waals surface area contributed by atoms with E-state index >= 15 is 0 Å². The molecule has 0 aliphatic heterocycles. The molecule has 240 valence electrons. The summed E-state index contributed by atoms with van der Waals surface area (Å²) < 4.78 is 83.9. The first kappa shape index (κ1) is 34.6. The lowest BCUT2D eigenvalue weighted by Crippen LogP contribution is -2.15. The molecule has 0 spiro atoms. The first-order valence-electron chi connectivity index (χ1n) is 14.8. The van der Waals surface area contributed by atoms with Crippen molar-refractivity contribution in [2.24, 2.45) is 0 Å². The van der Waals surface area contributed by atoms with E-state index in [1.165, 1.54) is 55.5 Å². The number of rotatable bonds is 9. The fourth-order valence-electron chi connectivity index (χ4n) is 4.61. The number of halogens is 6. The number of allylic oxidation sites excluding steroid dienone is 1. The summed E-state index contributed by atoms with van der Waals surface area (Å²) in [5.41, 5.74) is 0.311. The number of alkyl halides is 6. The van der Waals surface area contributed by atoms with Gasteiger partial charge in [0.15, 0.2) is 0 Å². The van der Waals surface area contributed by atoms with Gasteiger partial charge in [-0.15, -0.1) is 0 Å². The van der Waals surface area contributed by atoms with E-state index in [0.29, 0.717) is 28.8 Å². The molecule has 0 amide bonds. The molecule has 0 saturated heterocycles. The van der Waals surface area contributed by atoms with E-state index in [1.54, 1.807) is 30.3 Å². The van der Waals surface area contributed by atoms with Crippen LogP contribution in [0.15, 0.2) is 91.0 Å². The zero-order chi connectivity index (χ0) is 34.0. The van der Waals surface area contributed by atoms with Crippen LogP contribution in [0.3, 0.4) is 0 Å². The standard InChI is InChI=1S/C38H29F6NO2/c1-2-3-4-5-6-26-7-9-27(10-8-26)11-12-28-13-17-30(18-14-28)32(25-45)21-29-15-19-35(20-16-29)47-36(46)31-22-33(37(39,40)41)24-34(23-31)38(42,43)44/h7-10,13-24H,2-6H2,1H3/b32-21-. The largest absolute Gasteiger partial charge is 0.423 e. The van der Waals surface area contributed by atoms with Gasteiger partial charge in [-0.2, -0.15) is 31.6 Å². The molecule has 0 bridgehead atoms. The molecule has 0 fully saturated rings. The Morgan fingerprint density at radius 1 is 0.723 bits per heavy atom. The number of esters is 1. The van der Waals surface area contributed by atoms with E-state index in [2.05, 4.69) is 37.0 Å². The second-order valence-electron chi connectivity index (χ2n) is 10.8. The number of nitrogens with zero attached hydrogens (tertiary/aromatic N) is 1. The predicted molar refractivity (Wildman–Crippen MR) is 168 cm³/mol. The SMILES string of the molecule is CCCCCCc1ccc(C#Cc2ccc(/C(C#N)=C\c3ccc(OC(=O)c4cc(C(F)(F)F)cc(C(F)(F)F)c4)cc3)cc2)cc1. The number of unbranched alkanes of at least 4 members (excludes halogenated alkanes) is 3. The fraction of sp³-hybridized carbons (Fsp3) is 0.211. The molecule has 47 heavy (non-hydrogen) atoms. The van der Waals surface area contributed by atoms with E-state index in [1.807, 2.05) is 12.1 Å². The van der Waals surface area contributed by atoms with Crippen LogP contribution in [0.5, 0.6) is 5.75 Å². The van der Waals surface area contributed by atoms with E-state index in [0.717, 1.165) is 17.5 Å². The van der Waals surface area contributed by atoms with Crippen molar-refractivity contribution in [1.29, 1.82) is 5.26 Å². The Kier molecular flexibility index (Phi) is 11.3. The predicted octanol–water partition coefficient (Wildman–Crippen LogP) is 10.5. The van der Waals surface area contributed by atoms with Crippen molar-refractivity contribution in [2.75, 3.05) is 0 Å². The molecule has 0 radical (unpaired) electrons. The Hall–Kier alpha value is -5.28. The molecule has 0 saturated carbocycles. The first-order valence-corrected chi connectivity index (χ1v) is 14.8. The molecule has 0 heterocycles.